The van der Waals surface area contributed by atoms with Crippen LogP contribution in [0.2, 0.25) is 0 Å². The average Bonchev–Trinajstić information content (AvgIpc) is 2.39. The topological polar surface area (TPSA) is 20.2 Å². The lowest BCUT2D eigenvalue weighted by Gasteiger charge is -2.29. The maximum atomic E-state index is 9.67. The molecule has 0 saturated carbocycles. The molecular formula is C15H26O. The summed E-state index contributed by atoms with van der Waals surface area (Å²) in [6.45, 7) is 12.8. The molecule has 1 nitrogen and oxygen atoms in total. The Kier molecular flexibility index (Phi) is 3.69. The van der Waals surface area contributed by atoms with Crippen LogP contribution in [0.1, 0.15) is 48.0 Å². The fraction of sp³-hybridized carbons (Fsp3) is 0.733. The van der Waals surface area contributed by atoms with Gasteiger partial charge in [0.15, 0.2) is 0 Å². The molecule has 1 heteroatoms. The molecule has 1 aliphatic carbocycles. The lowest BCUT2D eigenvalue weighted by molar-refractivity contribution is 0.0989. The summed E-state index contributed by atoms with van der Waals surface area (Å²) in [7, 11) is 0. The number of hydrogen-bond donors (Lipinski definition) is 1. The second-order valence-electron chi connectivity index (χ2n) is 6.31. The minimum absolute atomic E-state index is 0.132. The summed E-state index contributed by atoms with van der Waals surface area (Å²) in [5.74, 6) is 0.575. The quantitative estimate of drug-likeness (QED) is 0.717. The number of aliphatic hydroxyl groups is 1. The zero-order valence-electron chi connectivity index (χ0n) is 11.5. The highest BCUT2D eigenvalue weighted by Gasteiger charge is 2.33. The van der Waals surface area contributed by atoms with Crippen LogP contribution in [0.3, 0.4) is 0 Å². The van der Waals surface area contributed by atoms with Crippen molar-refractivity contribution in [3.8, 4) is 0 Å². The average molecular weight is 222 g/mol. The lowest BCUT2D eigenvalue weighted by atomic mass is 9.76. The van der Waals surface area contributed by atoms with E-state index in [4.69, 9.17) is 0 Å². The van der Waals surface area contributed by atoms with Crippen LogP contribution >= 0.6 is 0 Å². The standard InChI is InChI=1S/C15H26O/c1-11-7-8-13(15(11,5)6)9-10-14(3,4)12(2)16/h7,9-10,12-13,16H,8H2,1-6H3. The normalized spacial score (nSPS) is 27.2. The van der Waals surface area contributed by atoms with Gasteiger partial charge in [-0.15, -0.1) is 0 Å². The Morgan fingerprint density at radius 3 is 2.44 bits per heavy atom. The molecule has 1 rings (SSSR count). The van der Waals surface area contributed by atoms with Gasteiger partial charge < -0.3 is 5.11 Å². The van der Waals surface area contributed by atoms with Gasteiger partial charge in [-0.25, -0.2) is 0 Å². The summed E-state index contributed by atoms with van der Waals surface area (Å²) in [5, 5.41) is 9.67. The van der Waals surface area contributed by atoms with Crippen molar-refractivity contribution in [1.29, 1.82) is 0 Å². The predicted molar refractivity (Wildman–Crippen MR) is 70.2 cm³/mol. The fourth-order valence-corrected chi connectivity index (χ4v) is 1.98. The highest BCUT2D eigenvalue weighted by Crippen LogP contribution is 2.44. The monoisotopic (exact) mass is 222 g/mol. The molecule has 0 radical (unpaired) electrons. The van der Waals surface area contributed by atoms with Crippen LogP contribution in [-0.2, 0) is 0 Å². The molecule has 0 bridgehead atoms. The molecule has 0 fully saturated rings. The smallest absolute Gasteiger partial charge is 0.0597 e. The Hall–Kier alpha value is -0.560. The van der Waals surface area contributed by atoms with Gasteiger partial charge in [0.2, 0.25) is 0 Å². The van der Waals surface area contributed by atoms with Gasteiger partial charge in [-0.2, -0.15) is 0 Å². The summed E-state index contributed by atoms with van der Waals surface area (Å²) in [4.78, 5) is 0. The van der Waals surface area contributed by atoms with Crippen LogP contribution in [0, 0.1) is 16.7 Å². The van der Waals surface area contributed by atoms with E-state index in [0.717, 1.165) is 6.42 Å². The summed E-state index contributed by atoms with van der Waals surface area (Å²) >= 11 is 0. The van der Waals surface area contributed by atoms with E-state index in [1.54, 1.807) is 0 Å². The van der Waals surface area contributed by atoms with E-state index in [9.17, 15) is 5.11 Å². The largest absolute Gasteiger partial charge is 0.393 e. The SMILES string of the molecule is CC1=CCC(C=CC(C)(C)C(C)O)C1(C)C. The van der Waals surface area contributed by atoms with E-state index in [-0.39, 0.29) is 16.9 Å². The Morgan fingerprint density at radius 2 is 2.06 bits per heavy atom. The van der Waals surface area contributed by atoms with Gasteiger partial charge in [0, 0.05) is 5.41 Å². The Bertz CT molecular complexity index is 305. The predicted octanol–water partition coefficient (Wildman–Crippen LogP) is 3.94. The Labute approximate surface area is 100 Å². The molecule has 0 aromatic rings. The van der Waals surface area contributed by atoms with E-state index >= 15 is 0 Å². The van der Waals surface area contributed by atoms with Crippen molar-refractivity contribution in [2.45, 2.75) is 54.1 Å². The molecule has 0 amide bonds. The maximum Gasteiger partial charge on any atom is 0.0597 e. The number of aliphatic hydroxyl groups excluding tert-OH is 1. The summed E-state index contributed by atoms with van der Waals surface area (Å²) in [5.41, 5.74) is 1.62. The van der Waals surface area contributed by atoms with E-state index in [2.05, 4.69) is 52.8 Å². The molecule has 2 atom stereocenters. The summed E-state index contributed by atoms with van der Waals surface area (Å²) < 4.78 is 0. The van der Waals surface area contributed by atoms with Crippen molar-refractivity contribution in [2.24, 2.45) is 16.7 Å². The first-order chi connectivity index (χ1) is 7.18. The maximum absolute atomic E-state index is 9.67. The van der Waals surface area contributed by atoms with Crippen LogP contribution in [0.15, 0.2) is 23.8 Å². The molecule has 92 valence electrons. The van der Waals surface area contributed by atoms with Crippen molar-refractivity contribution in [1.82, 2.24) is 0 Å². The molecule has 0 aromatic heterocycles. The molecule has 0 spiro atoms. The summed E-state index contributed by atoms with van der Waals surface area (Å²) in [6.07, 6.45) is 7.63. The Morgan fingerprint density at radius 1 is 1.50 bits per heavy atom. The van der Waals surface area contributed by atoms with Crippen molar-refractivity contribution < 1.29 is 5.11 Å². The second kappa shape index (κ2) is 4.37. The number of rotatable bonds is 3. The number of hydrogen-bond acceptors (Lipinski definition) is 1. The van der Waals surface area contributed by atoms with Crippen LogP contribution in [0.4, 0.5) is 0 Å². The van der Waals surface area contributed by atoms with E-state index in [1.807, 2.05) is 6.92 Å². The lowest BCUT2D eigenvalue weighted by Crippen LogP contribution is -2.25. The minimum atomic E-state index is -0.303. The first kappa shape index (κ1) is 13.5. The molecule has 0 aromatic carbocycles. The number of allylic oxidation sites excluding steroid dienone is 3. The van der Waals surface area contributed by atoms with Crippen LogP contribution in [0.25, 0.3) is 0 Å². The van der Waals surface area contributed by atoms with Gasteiger partial charge in [0.1, 0.15) is 0 Å². The third-order valence-electron chi connectivity index (χ3n) is 4.46. The third kappa shape index (κ3) is 2.57. The Balaban J connectivity index is 2.74. The molecule has 0 saturated heterocycles. The zero-order valence-corrected chi connectivity index (χ0v) is 11.5. The molecule has 2 unspecified atom stereocenters. The van der Waals surface area contributed by atoms with E-state index < -0.39 is 0 Å². The molecule has 0 aliphatic heterocycles. The fourth-order valence-electron chi connectivity index (χ4n) is 1.98. The highest BCUT2D eigenvalue weighted by molar-refractivity contribution is 5.22. The molecule has 16 heavy (non-hydrogen) atoms. The van der Waals surface area contributed by atoms with Crippen molar-refractivity contribution in [2.75, 3.05) is 0 Å². The molecule has 1 N–H and O–H groups in total. The molecular weight excluding hydrogens is 196 g/mol. The van der Waals surface area contributed by atoms with Gasteiger partial charge in [-0.3, -0.25) is 0 Å². The third-order valence-corrected chi connectivity index (χ3v) is 4.46. The summed E-state index contributed by atoms with van der Waals surface area (Å²) in [6, 6.07) is 0. The van der Waals surface area contributed by atoms with Gasteiger partial charge in [0.25, 0.3) is 0 Å². The van der Waals surface area contributed by atoms with Gasteiger partial charge in [-0.05, 0) is 31.6 Å². The highest BCUT2D eigenvalue weighted by atomic mass is 16.3. The van der Waals surface area contributed by atoms with Crippen molar-refractivity contribution >= 4 is 0 Å². The second-order valence-corrected chi connectivity index (χ2v) is 6.31. The van der Waals surface area contributed by atoms with Gasteiger partial charge in [-0.1, -0.05) is 51.5 Å². The van der Waals surface area contributed by atoms with Gasteiger partial charge >= 0.3 is 0 Å². The van der Waals surface area contributed by atoms with Crippen molar-refractivity contribution in [3.05, 3.63) is 23.8 Å². The molecule has 0 heterocycles. The van der Waals surface area contributed by atoms with Crippen LogP contribution < -0.4 is 0 Å². The molecule has 1 aliphatic rings. The first-order valence-corrected chi connectivity index (χ1v) is 6.22. The van der Waals surface area contributed by atoms with E-state index in [0.29, 0.717) is 5.92 Å². The minimum Gasteiger partial charge on any atom is -0.393 e. The first-order valence-electron chi connectivity index (χ1n) is 6.22. The van der Waals surface area contributed by atoms with E-state index in [1.165, 1.54) is 5.57 Å². The van der Waals surface area contributed by atoms with Crippen LogP contribution in [-0.4, -0.2) is 11.2 Å². The van der Waals surface area contributed by atoms with Crippen molar-refractivity contribution in [3.63, 3.8) is 0 Å². The van der Waals surface area contributed by atoms with Gasteiger partial charge in [0.05, 0.1) is 6.10 Å². The van der Waals surface area contributed by atoms with Crippen LogP contribution in [0.5, 0.6) is 0 Å². The zero-order chi connectivity index (χ0) is 12.6.